The lowest BCUT2D eigenvalue weighted by atomic mass is 10.1. The van der Waals surface area contributed by atoms with E-state index in [0.29, 0.717) is 22.3 Å². The topological polar surface area (TPSA) is 92.1 Å². The van der Waals surface area contributed by atoms with Crippen LogP contribution in [0.3, 0.4) is 0 Å². The predicted molar refractivity (Wildman–Crippen MR) is 120 cm³/mol. The number of carbonyl (C=O) groups is 1. The van der Waals surface area contributed by atoms with Crippen LogP contribution in [0.2, 0.25) is 0 Å². The number of amides is 1. The Bertz CT molecular complexity index is 1270. The molecule has 7 nitrogen and oxygen atoms in total. The molecule has 14 heteroatoms. The summed E-state index contributed by atoms with van der Waals surface area (Å²) in [5, 5.41) is 12.4. The third-order valence-corrected chi connectivity index (χ3v) is 7.68. The standard InChI is InChI=1S/C22H21F6N5O2S/c23-12-7-29-8-14(12)31-13-3-1-2-10-11(6-22(26,27)28)17(36-16(10)13)18-32-15(35-33-18)9-30-20(34)21(4-5-21)19(24)25/h1-3,12,14,19,29,31H,4-9H2,(H,30,34)/t12-,14+/m0/s1. The minimum atomic E-state index is -4.53. The van der Waals surface area contributed by atoms with Crippen molar-refractivity contribution >= 4 is 33.0 Å². The van der Waals surface area contributed by atoms with E-state index in [4.69, 9.17) is 4.52 Å². The minimum absolute atomic E-state index is 0.0569. The molecule has 1 aromatic carbocycles. The molecule has 0 spiro atoms. The molecule has 1 aliphatic carbocycles. The molecular formula is C22H21F6N5O2S. The number of hydrogen-bond acceptors (Lipinski definition) is 7. The summed E-state index contributed by atoms with van der Waals surface area (Å²) in [6, 6.07) is 4.27. The summed E-state index contributed by atoms with van der Waals surface area (Å²) >= 11 is 1.01. The van der Waals surface area contributed by atoms with Crippen molar-refractivity contribution in [1.29, 1.82) is 0 Å². The number of halogens is 6. The van der Waals surface area contributed by atoms with Crippen molar-refractivity contribution in [2.24, 2.45) is 5.41 Å². The van der Waals surface area contributed by atoms with Crippen molar-refractivity contribution < 1.29 is 35.7 Å². The summed E-state index contributed by atoms with van der Waals surface area (Å²) in [5.74, 6) is -1.08. The lowest BCUT2D eigenvalue weighted by Gasteiger charge is -2.16. The number of nitrogens with one attached hydrogen (secondary N) is 3. The largest absolute Gasteiger partial charge is 0.393 e. The molecule has 194 valence electrons. The first-order valence-electron chi connectivity index (χ1n) is 11.2. The van der Waals surface area contributed by atoms with E-state index in [9.17, 15) is 31.1 Å². The highest BCUT2D eigenvalue weighted by Gasteiger charge is 2.57. The van der Waals surface area contributed by atoms with Gasteiger partial charge in [-0.1, -0.05) is 17.3 Å². The summed E-state index contributed by atoms with van der Waals surface area (Å²) in [4.78, 5) is 16.3. The Morgan fingerprint density at radius 3 is 2.69 bits per heavy atom. The first kappa shape index (κ1) is 24.8. The lowest BCUT2D eigenvalue weighted by Crippen LogP contribution is -2.35. The van der Waals surface area contributed by atoms with E-state index in [1.54, 1.807) is 18.2 Å². The summed E-state index contributed by atoms with van der Waals surface area (Å²) in [6.45, 7) is 0.223. The molecule has 3 aromatic rings. The summed E-state index contributed by atoms with van der Waals surface area (Å²) in [6.07, 6.45) is -9.58. The van der Waals surface area contributed by atoms with Crippen LogP contribution in [0, 0.1) is 5.41 Å². The number of fused-ring (bicyclic) bond motifs is 1. The summed E-state index contributed by atoms with van der Waals surface area (Å²) in [5.41, 5.74) is -1.27. The van der Waals surface area contributed by atoms with Crippen molar-refractivity contribution in [2.45, 2.75) is 50.6 Å². The number of rotatable bonds is 8. The highest BCUT2D eigenvalue weighted by atomic mass is 32.1. The van der Waals surface area contributed by atoms with Gasteiger partial charge in [-0.3, -0.25) is 4.79 Å². The van der Waals surface area contributed by atoms with Gasteiger partial charge in [-0.2, -0.15) is 18.2 Å². The van der Waals surface area contributed by atoms with Crippen LogP contribution in [-0.2, 0) is 17.8 Å². The van der Waals surface area contributed by atoms with E-state index in [2.05, 4.69) is 26.1 Å². The molecule has 0 bridgehead atoms. The number of alkyl halides is 6. The van der Waals surface area contributed by atoms with Gasteiger partial charge >= 0.3 is 6.18 Å². The normalized spacial score (nSPS) is 21.3. The van der Waals surface area contributed by atoms with E-state index in [1.807, 2.05) is 0 Å². The monoisotopic (exact) mass is 533 g/mol. The van der Waals surface area contributed by atoms with Gasteiger partial charge in [0.1, 0.15) is 11.6 Å². The van der Waals surface area contributed by atoms with E-state index in [-0.39, 0.29) is 48.1 Å². The highest BCUT2D eigenvalue weighted by Crippen LogP contribution is 2.51. The van der Waals surface area contributed by atoms with Gasteiger partial charge in [0, 0.05) is 13.1 Å². The molecule has 2 fully saturated rings. The average Bonchev–Trinajstić information content (AvgIpc) is 3.13. The van der Waals surface area contributed by atoms with Gasteiger partial charge < -0.3 is 20.5 Å². The molecule has 1 amide bonds. The van der Waals surface area contributed by atoms with Crippen LogP contribution >= 0.6 is 11.3 Å². The van der Waals surface area contributed by atoms with E-state index >= 15 is 0 Å². The molecular weight excluding hydrogens is 512 g/mol. The lowest BCUT2D eigenvalue weighted by molar-refractivity contribution is -0.132. The Morgan fingerprint density at radius 1 is 1.28 bits per heavy atom. The molecule has 2 aromatic heterocycles. The number of thiophene rings is 1. The molecule has 1 saturated heterocycles. The fourth-order valence-corrected chi connectivity index (χ4v) is 5.48. The Balaban J connectivity index is 1.44. The van der Waals surface area contributed by atoms with Gasteiger partial charge in [-0.15, -0.1) is 11.3 Å². The molecule has 3 heterocycles. The Kier molecular flexibility index (Phi) is 6.35. The van der Waals surface area contributed by atoms with Crippen LogP contribution < -0.4 is 16.0 Å². The number of aromatic nitrogens is 2. The van der Waals surface area contributed by atoms with Gasteiger partial charge in [0.25, 0.3) is 6.43 Å². The number of benzene rings is 1. The second-order valence-electron chi connectivity index (χ2n) is 8.96. The van der Waals surface area contributed by atoms with Crippen molar-refractivity contribution in [2.75, 3.05) is 18.4 Å². The van der Waals surface area contributed by atoms with Crippen LogP contribution in [-0.4, -0.2) is 54.0 Å². The van der Waals surface area contributed by atoms with Gasteiger partial charge in [-0.05, 0) is 29.9 Å². The molecule has 0 unspecified atom stereocenters. The summed E-state index contributed by atoms with van der Waals surface area (Å²) < 4.78 is 86.3. The first-order valence-corrected chi connectivity index (χ1v) is 12.0. The number of nitrogens with zero attached hydrogens (tertiary/aromatic N) is 2. The van der Waals surface area contributed by atoms with Gasteiger partial charge in [-0.25, -0.2) is 13.2 Å². The molecule has 3 N–H and O–H groups in total. The number of anilines is 1. The quantitative estimate of drug-likeness (QED) is 0.371. The summed E-state index contributed by atoms with van der Waals surface area (Å²) in [7, 11) is 0. The van der Waals surface area contributed by atoms with Crippen molar-refractivity contribution in [1.82, 2.24) is 20.8 Å². The molecule has 36 heavy (non-hydrogen) atoms. The maximum atomic E-state index is 14.1. The highest BCUT2D eigenvalue weighted by molar-refractivity contribution is 7.23. The van der Waals surface area contributed by atoms with Crippen LogP contribution in [0.1, 0.15) is 24.3 Å². The van der Waals surface area contributed by atoms with E-state index in [1.165, 1.54) is 0 Å². The zero-order valence-electron chi connectivity index (χ0n) is 18.6. The number of carbonyl (C=O) groups excluding carboxylic acids is 1. The maximum absolute atomic E-state index is 14.1. The SMILES string of the molecule is O=C(NCc1nc(-c2sc3c(N[C@@H]4CNC[C@@H]4F)cccc3c2CC(F)(F)F)no1)C1(C(F)F)CC1. The Hall–Kier alpha value is -2.87. The van der Waals surface area contributed by atoms with Crippen LogP contribution in [0.25, 0.3) is 20.8 Å². The van der Waals surface area contributed by atoms with E-state index in [0.717, 1.165) is 11.3 Å². The molecule has 2 aliphatic rings. The third-order valence-electron chi connectivity index (χ3n) is 6.41. The van der Waals surface area contributed by atoms with Crippen molar-refractivity contribution in [3.05, 3.63) is 29.7 Å². The van der Waals surface area contributed by atoms with Gasteiger partial charge in [0.2, 0.25) is 17.6 Å². The third kappa shape index (κ3) is 4.75. The fraction of sp³-hybridized carbons (Fsp3) is 0.500. The smallest absolute Gasteiger partial charge is 0.377 e. The first-order chi connectivity index (χ1) is 17.1. The zero-order chi connectivity index (χ0) is 25.7. The van der Waals surface area contributed by atoms with Crippen LogP contribution in [0.5, 0.6) is 0 Å². The second-order valence-corrected chi connectivity index (χ2v) is 9.98. The van der Waals surface area contributed by atoms with Crippen molar-refractivity contribution in [3.63, 3.8) is 0 Å². The van der Waals surface area contributed by atoms with E-state index < -0.39 is 42.6 Å². The minimum Gasteiger partial charge on any atom is -0.377 e. The van der Waals surface area contributed by atoms with Crippen LogP contribution in [0.4, 0.5) is 32.0 Å². The average molecular weight is 533 g/mol. The Morgan fingerprint density at radius 2 is 2.06 bits per heavy atom. The number of hydrogen-bond donors (Lipinski definition) is 3. The molecule has 1 aliphatic heterocycles. The molecule has 2 atom stereocenters. The predicted octanol–water partition coefficient (Wildman–Crippen LogP) is 4.44. The Labute approximate surface area is 204 Å². The molecule has 0 radical (unpaired) electrons. The second kappa shape index (κ2) is 9.21. The molecule has 1 saturated carbocycles. The fourth-order valence-electron chi connectivity index (χ4n) is 4.26. The zero-order valence-corrected chi connectivity index (χ0v) is 19.4. The van der Waals surface area contributed by atoms with Crippen molar-refractivity contribution in [3.8, 4) is 10.7 Å². The van der Waals surface area contributed by atoms with Gasteiger partial charge in [0.15, 0.2) is 0 Å². The van der Waals surface area contributed by atoms with Crippen LogP contribution in [0.15, 0.2) is 22.7 Å². The van der Waals surface area contributed by atoms with Gasteiger partial charge in [0.05, 0.1) is 34.3 Å². The molecule has 5 rings (SSSR count). The maximum Gasteiger partial charge on any atom is 0.393 e.